The highest BCUT2D eigenvalue weighted by Crippen LogP contribution is 2.41. The fourth-order valence-corrected chi connectivity index (χ4v) is 4.00. The molecule has 1 spiro atoms. The van der Waals surface area contributed by atoms with Gasteiger partial charge in [-0.2, -0.15) is 13.2 Å². The Labute approximate surface area is 189 Å². The number of ether oxygens (including phenoxy) is 1. The van der Waals surface area contributed by atoms with Crippen molar-refractivity contribution in [3.8, 4) is 0 Å². The number of rotatable bonds is 4. The van der Waals surface area contributed by atoms with Crippen molar-refractivity contribution in [1.29, 1.82) is 0 Å². The van der Waals surface area contributed by atoms with Crippen LogP contribution in [0.15, 0.2) is 10.7 Å². The lowest BCUT2D eigenvalue weighted by atomic mass is 9.76. The van der Waals surface area contributed by atoms with E-state index in [-0.39, 0.29) is 23.4 Å². The van der Waals surface area contributed by atoms with Gasteiger partial charge in [0, 0.05) is 18.5 Å². The summed E-state index contributed by atoms with van der Waals surface area (Å²) in [5.41, 5.74) is -0.0206. The van der Waals surface area contributed by atoms with Crippen LogP contribution in [0.1, 0.15) is 54.3 Å². The Kier molecular flexibility index (Phi) is 7.38. The number of halogens is 4. The molecule has 3 N–H and O–H groups in total. The van der Waals surface area contributed by atoms with Crippen LogP contribution in [0.2, 0.25) is 0 Å². The predicted octanol–water partition coefficient (Wildman–Crippen LogP) is 2.16. The molecule has 1 amide bonds. The Morgan fingerprint density at radius 1 is 1.31 bits per heavy atom. The first kappa shape index (κ1) is 24.4. The van der Waals surface area contributed by atoms with Gasteiger partial charge in [0.1, 0.15) is 17.6 Å². The van der Waals surface area contributed by atoms with Crippen molar-refractivity contribution in [2.45, 2.75) is 50.3 Å². The Balaban J connectivity index is 0.000000360. The molecule has 1 aromatic heterocycles. The normalized spacial score (nSPS) is 22.0. The number of esters is 1. The number of nitrogens with one attached hydrogen (secondary N) is 2. The first-order valence-electron chi connectivity index (χ1n) is 10.0. The van der Waals surface area contributed by atoms with E-state index in [1.807, 2.05) is 0 Å². The number of cyclic esters (lactones) is 1. The van der Waals surface area contributed by atoms with E-state index in [1.54, 1.807) is 6.20 Å². The van der Waals surface area contributed by atoms with Crippen molar-refractivity contribution in [2.75, 3.05) is 19.6 Å². The molecule has 13 heteroatoms. The van der Waals surface area contributed by atoms with Gasteiger partial charge in [0.25, 0.3) is 5.91 Å². The summed E-state index contributed by atoms with van der Waals surface area (Å²) in [5.74, 6) is -2.03. The molecule has 1 aliphatic carbocycles. The minimum absolute atomic E-state index is 0.118. The van der Waals surface area contributed by atoms with Crippen LogP contribution in [0.3, 0.4) is 0 Å². The average molecular weight is 523 g/mol. The van der Waals surface area contributed by atoms with Crippen molar-refractivity contribution in [3.05, 3.63) is 22.2 Å². The first-order chi connectivity index (χ1) is 15.0. The molecule has 1 saturated carbocycles. The number of hydrogen-bond donors (Lipinski definition) is 3. The number of aromatic nitrogens is 2. The molecule has 2 saturated heterocycles. The van der Waals surface area contributed by atoms with Crippen LogP contribution in [0.4, 0.5) is 13.2 Å². The second-order valence-electron chi connectivity index (χ2n) is 7.97. The Hall–Kier alpha value is -2.28. The Morgan fingerprint density at radius 2 is 1.94 bits per heavy atom. The maximum Gasteiger partial charge on any atom is 0.490 e. The fourth-order valence-electron chi connectivity index (χ4n) is 3.63. The third kappa shape index (κ3) is 5.94. The Morgan fingerprint density at radius 3 is 2.50 bits per heavy atom. The number of carbonyl (C=O) groups excluding carboxylic acids is 2. The topological polar surface area (TPSA) is 131 Å². The second-order valence-corrected chi connectivity index (χ2v) is 8.83. The lowest BCUT2D eigenvalue weighted by Crippen LogP contribution is -2.39. The molecule has 2 aliphatic heterocycles. The van der Waals surface area contributed by atoms with Gasteiger partial charge in [0.2, 0.25) is 0 Å². The van der Waals surface area contributed by atoms with Gasteiger partial charge in [-0.05, 0) is 54.7 Å². The Bertz CT molecular complexity index is 888. The summed E-state index contributed by atoms with van der Waals surface area (Å²) in [5, 5.41) is 13.3. The van der Waals surface area contributed by atoms with Crippen LogP contribution in [0.5, 0.6) is 0 Å². The summed E-state index contributed by atoms with van der Waals surface area (Å²) in [6.07, 6.45) is 0.728. The largest absolute Gasteiger partial charge is 0.490 e. The van der Waals surface area contributed by atoms with E-state index in [9.17, 15) is 22.8 Å². The van der Waals surface area contributed by atoms with Crippen molar-refractivity contribution in [3.63, 3.8) is 0 Å². The van der Waals surface area contributed by atoms with Crippen molar-refractivity contribution in [1.82, 2.24) is 20.6 Å². The zero-order valence-corrected chi connectivity index (χ0v) is 18.5. The lowest BCUT2D eigenvalue weighted by Gasteiger charge is -2.29. The van der Waals surface area contributed by atoms with Crippen LogP contribution >= 0.6 is 15.9 Å². The number of hydrogen-bond acceptors (Lipinski definition) is 7. The summed E-state index contributed by atoms with van der Waals surface area (Å²) >= 11 is 3.34. The van der Waals surface area contributed by atoms with Crippen LogP contribution < -0.4 is 10.6 Å². The van der Waals surface area contributed by atoms with Gasteiger partial charge < -0.3 is 20.5 Å². The third-order valence-corrected chi connectivity index (χ3v) is 6.12. The number of carboxylic acid groups (broad SMARTS) is 1. The number of piperidine rings is 1. The highest BCUT2D eigenvalue weighted by atomic mass is 79.9. The number of alkyl halides is 3. The standard InChI is InChI=1S/C17H21BrN4O3.C2HF3O2/c18-12-9-20-14(10-1-2-10)22-13(12)15(23)21-8-11-7-17(16(24)25-11)3-5-19-6-4-17;3-2(4,5)1(6)7/h9-11,19H,1-8H2,(H,21,23);(H,6,7). The summed E-state index contributed by atoms with van der Waals surface area (Å²) < 4.78 is 37.8. The summed E-state index contributed by atoms with van der Waals surface area (Å²) in [7, 11) is 0. The molecule has 3 aliphatic rings. The highest BCUT2D eigenvalue weighted by Gasteiger charge is 2.49. The molecule has 1 aromatic rings. The van der Waals surface area contributed by atoms with Gasteiger partial charge in [-0.25, -0.2) is 14.8 Å². The van der Waals surface area contributed by atoms with E-state index in [1.165, 1.54) is 0 Å². The number of nitrogens with zero attached hydrogens (tertiary/aromatic N) is 2. The minimum atomic E-state index is -5.08. The number of amides is 1. The summed E-state index contributed by atoms with van der Waals surface area (Å²) in [6, 6.07) is 0. The fraction of sp³-hybridized carbons (Fsp3) is 0.632. The van der Waals surface area contributed by atoms with E-state index in [0.717, 1.165) is 44.6 Å². The van der Waals surface area contributed by atoms with Gasteiger partial charge in [-0.15, -0.1) is 0 Å². The van der Waals surface area contributed by atoms with E-state index in [4.69, 9.17) is 14.6 Å². The summed E-state index contributed by atoms with van der Waals surface area (Å²) in [4.78, 5) is 42.3. The van der Waals surface area contributed by atoms with Crippen LogP contribution in [-0.2, 0) is 14.3 Å². The van der Waals surface area contributed by atoms with E-state index < -0.39 is 12.1 Å². The SMILES string of the molecule is O=C(NCC1CC2(CCNCC2)C(=O)O1)c1nc(C2CC2)ncc1Br.O=C(O)C(F)(F)F. The molecule has 1 unspecified atom stereocenters. The zero-order chi connectivity index (χ0) is 23.5. The van der Waals surface area contributed by atoms with Crippen molar-refractivity contribution in [2.24, 2.45) is 5.41 Å². The van der Waals surface area contributed by atoms with Crippen molar-refractivity contribution < 1.29 is 37.4 Å². The molecule has 3 heterocycles. The highest BCUT2D eigenvalue weighted by molar-refractivity contribution is 9.10. The smallest absolute Gasteiger partial charge is 0.475 e. The van der Waals surface area contributed by atoms with Crippen LogP contribution in [-0.4, -0.2) is 64.8 Å². The van der Waals surface area contributed by atoms with Crippen LogP contribution in [0, 0.1) is 5.41 Å². The average Bonchev–Trinajstić information content (AvgIpc) is 3.53. The van der Waals surface area contributed by atoms with E-state index >= 15 is 0 Å². The molecule has 0 radical (unpaired) electrons. The van der Waals surface area contributed by atoms with Gasteiger partial charge in [-0.1, -0.05) is 0 Å². The van der Waals surface area contributed by atoms with Gasteiger partial charge in [0.15, 0.2) is 0 Å². The van der Waals surface area contributed by atoms with Gasteiger partial charge >= 0.3 is 18.1 Å². The lowest BCUT2D eigenvalue weighted by molar-refractivity contribution is -0.192. The maximum absolute atomic E-state index is 12.5. The van der Waals surface area contributed by atoms with Crippen LogP contribution in [0.25, 0.3) is 0 Å². The predicted molar refractivity (Wildman–Crippen MR) is 107 cm³/mol. The molecule has 32 heavy (non-hydrogen) atoms. The molecule has 1 atom stereocenters. The third-order valence-electron chi connectivity index (χ3n) is 5.54. The number of aliphatic carboxylic acids is 1. The van der Waals surface area contributed by atoms with Gasteiger partial charge in [0.05, 0.1) is 16.4 Å². The molecule has 9 nitrogen and oxygen atoms in total. The zero-order valence-electron chi connectivity index (χ0n) is 16.9. The summed E-state index contributed by atoms with van der Waals surface area (Å²) in [6.45, 7) is 1.99. The molecule has 4 rings (SSSR count). The maximum atomic E-state index is 12.5. The first-order valence-corrected chi connectivity index (χ1v) is 10.8. The molecule has 0 bridgehead atoms. The quantitative estimate of drug-likeness (QED) is 0.512. The van der Waals surface area contributed by atoms with E-state index in [2.05, 4.69) is 36.5 Å². The minimum Gasteiger partial charge on any atom is -0.475 e. The van der Waals surface area contributed by atoms with Gasteiger partial charge in [-0.3, -0.25) is 9.59 Å². The molecule has 0 aromatic carbocycles. The monoisotopic (exact) mass is 522 g/mol. The second kappa shape index (κ2) is 9.69. The number of carbonyl (C=O) groups is 3. The van der Waals surface area contributed by atoms with E-state index in [0.29, 0.717) is 29.1 Å². The van der Waals surface area contributed by atoms with Crippen molar-refractivity contribution >= 4 is 33.8 Å². The molecular formula is C19H22BrF3N4O5. The molecule has 3 fully saturated rings. The molecular weight excluding hydrogens is 501 g/mol. The molecule has 176 valence electrons. The number of carboxylic acids is 1.